The Morgan fingerprint density at radius 2 is 1.76 bits per heavy atom. The summed E-state index contributed by atoms with van der Waals surface area (Å²) in [6.45, 7) is -0.548. The van der Waals surface area contributed by atoms with Crippen LogP contribution in [0.15, 0.2) is 0 Å². The minimum Gasteiger partial charge on any atom is -0.480 e. The molecular weight excluding hydrogens is 284 g/mol. The van der Waals surface area contributed by atoms with Gasteiger partial charge in [0.15, 0.2) is 5.78 Å². The average Bonchev–Trinajstić information content (AvgIpc) is 2.47. The molecule has 0 fully saturated rings. The number of Topliss-reactive ketones (excluding diaryl/α,β-unsaturated/α-hetero) is 1. The lowest BCUT2D eigenvalue weighted by atomic mass is 10.0. The second-order valence-corrected chi connectivity index (χ2v) is 4.77. The van der Waals surface area contributed by atoms with Crippen molar-refractivity contribution in [3.8, 4) is 0 Å². The maximum absolute atomic E-state index is 11.5. The Kier molecular flexibility index (Phi) is 10.0. The number of nitrogens with one attached hydrogen (secondary N) is 1. The highest BCUT2D eigenvalue weighted by Crippen LogP contribution is 2.01. The van der Waals surface area contributed by atoms with Crippen molar-refractivity contribution in [3.05, 3.63) is 0 Å². The lowest BCUT2D eigenvalue weighted by Gasteiger charge is -2.20. The highest BCUT2D eigenvalue weighted by atomic mass is 16.4. The summed E-state index contributed by atoms with van der Waals surface area (Å²) in [7, 11) is 0. The van der Waals surface area contributed by atoms with E-state index < -0.39 is 42.7 Å². The van der Waals surface area contributed by atoms with Gasteiger partial charge in [-0.3, -0.25) is 9.59 Å². The van der Waals surface area contributed by atoms with E-state index in [1.54, 1.807) is 0 Å². The molecule has 0 aliphatic rings. The zero-order valence-electron chi connectivity index (χ0n) is 11.7. The largest absolute Gasteiger partial charge is 0.480 e. The molecule has 0 rings (SSSR count). The van der Waals surface area contributed by atoms with E-state index in [2.05, 4.69) is 5.32 Å². The van der Waals surface area contributed by atoms with Crippen molar-refractivity contribution >= 4 is 11.8 Å². The fourth-order valence-corrected chi connectivity index (χ4v) is 1.56. The Hall–Kier alpha value is -1.10. The number of unbranched alkanes of at least 4 members (excludes halogenated alkanes) is 1. The summed E-state index contributed by atoms with van der Waals surface area (Å²) in [4.78, 5) is 21.9. The van der Waals surface area contributed by atoms with Gasteiger partial charge in [-0.05, 0) is 19.4 Å². The minimum absolute atomic E-state index is 0.207. The van der Waals surface area contributed by atoms with Gasteiger partial charge in [0.05, 0.1) is 13.2 Å². The van der Waals surface area contributed by atoms with Crippen LogP contribution in [0.2, 0.25) is 0 Å². The molecule has 0 spiro atoms. The molecule has 0 saturated heterocycles. The number of hydrogen-bond donors (Lipinski definition) is 7. The Bertz CT molecular complexity index is 327. The van der Waals surface area contributed by atoms with E-state index in [1.165, 1.54) is 0 Å². The van der Waals surface area contributed by atoms with Crippen LogP contribution in [0.25, 0.3) is 0 Å². The van der Waals surface area contributed by atoms with E-state index in [-0.39, 0.29) is 6.54 Å². The molecule has 0 aliphatic carbocycles. The van der Waals surface area contributed by atoms with Crippen LogP contribution < -0.4 is 11.1 Å². The van der Waals surface area contributed by atoms with Gasteiger partial charge >= 0.3 is 5.97 Å². The Morgan fingerprint density at radius 1 is 1.14 bits per heavy atom. The molecular formula is C12H24N2O7. The standard InChI is InChI=1S/C12H24N2O7/c13-7(12(20)21)3-1-2-4-14-5-8(16)10(18)11(19)9(17)6-15/h7,9-11,14-15,17-19H,1-6,13H2,(H,20,21)/t7-,9+,10+,11+/m0/s1. The first-order valence-electron chi connectivity index (χ1n) is 6.68. The molecule has 9 heteroatoms. The highest BCUT2D eigenvalue weighted by molar-refractivity contribution is 5.85. The van der Waals surface area contributed by atoms with Crippen LogP contribution in [-0.4, -0.2) is 81.3 Å². The zero-order valence-corrected chi connectivity index (χ0v) is 11.7. The van der Waals surface area contributed by atoms with Crippen molar-refractivity contribution < 1.29 is 35.1 Å². The summed E-state index contributed by atoms with van der Waals surface area (Å²) < 4.78 is 0. The number of aliphatic hydroxyl groups excluding tert-OH is 4. The molecule has 0 saturated carbocycles. The van der Waals surface area contributed by atoms with Crippen LogP contribution in [0.5, 0.6) is 0 Å². The number of carbonyl (C=O) groups excluding carboxylic acids is 1. The van der Waals surface area contributed by atoms with Crippen LogP contribution in [0.4, 0.5) is 0 Å². The zero-order chi connectivity index (χ0) is 16.4. The van der Waals surface area contributed by atoms with E-state index in [0.29, 0.717) is 25.8 Å². The molecule has 0 aliphatic heterocycles. The normalized spacial score (nSPS) is 17.0. The predicted octanol–water partition coefficient (Wildman–Crippen LogP) is -3.20. The van der Waals surface area contributed by atoms with Crippen molar-refractivity contribution in [2.24, 2.45) is 5.73 Å². The SMILES string of the molecule is N[C@@H](CCCCNCC(=O)[C@@H](O)[C@H](O)[C@H](O)CO)C(=O)O. The van der Waals surface area contributed by atoms with Gasteiger partial charge in [-0.25, -0.2) is 0 Å². The van der Waals surface area contributed by atoms with Gasteiger partial charge in [-0.15, -0.1) is 0 Å². The summed E-state index contributed by atoms with van der Waals surface area (Å²) in [5, 5.41) is 47.7. The molecule has 21 heavy (non-hydrogen) atoms. The molecule has 0 unspecified atom stereocenters. The van der Waals surface area contributed by atoms with Gasteiger partial charge in [0.1, 0.15) is 24.4 Å². The molecule has 0 radical (unpaired) electrons. The summed E-state index contributed by atoms with van der Waals surface area (Å²) in [6, 6.07) is -0.899. The molecule has 0 bridgehead atoms. The van der Waals surface area contributed by atoms with E-state index in [4.69, 9.17) is 21.1 Å². The first kappa shape index (κ1) is 19.9. The lowest BCUT2D eigenvalue weighted by Crippen LogP contribution is -2.46. The van der Waals surface area contributed by atoms with Gasteiger partial charge < -0.3 is 36.6 Å². The maximum Gasteiger partial charge on any atom is 0.320 e. The minimum atomic E-state index is -1.78. The topological polar surface area (TPSA) is 173 Å². The van der Waals surface area contributed by atoms with Crippen molar-refractivity contribution in [1.82, 2.24) is 5.32 Å². The van der Waals surface area contributed by atoms with E-state index in [9.17, 15) is 19.8 Å². The fraction of sp³-hybridized carbons (Fsp3) is 0.833. The summed E-state index contributed by atoms with van der Waals surface area (Å²) in [5.74, 6) is -1.77. The maximum atomic E-state index is 11.5. The van der Waals surface area contributed by atoms with Gasteiger partial charge in [0.2, 0.25) is 0 Å². The van der Waals surface area contributed by atoms with Crippen LogP contribution in [-0.2, 0) is 9.59 Å². The summed E-state index contributed by atoms with van der Waals surface area (Å²) in [5.41, 5.74) is 5.31. The number of carboxylic acid groups (broad SMARTS) is 1. The quantitative estimate of drug-likeness (QED) is 0.183. The number of hydrogen-bond acceptors (Lipinski definition) is 8. The number of nitrogens with two attached hydrogens (primary N) is 1. The van der Waals surface area contributed by atoms with Crippen molar-refractivity contribution in [1.29, 1.82) is 0 Å². The first-order chi connectivity index (χ1) is 9.81. The Morgan fingerprint density at radius 3 is 2.29 bits per heavy atom. The lowest BCUT2D eigenvalue weighted by molar-refractivity contribution is -0.139. The Labute approximate surface area is 122 Å². The van der Waals surface area contributed by atoms with Gasteiger partial charge in [0, 0.05) is 0 Å². The monoisotopic (exact) mass is 308 g/mol. The van der Waals surface area contributed by atoms with Crippen LogP contribution >= 0.6 is 0 Å². The number of aliphatic carboxylic acids is 1. The molecule has 124 valence electrons. The van der Waals surface area contributed by atoms with Crippen molar-refractivity contribution in [2.75, 3.05) is 19.7 Å². The molecule has 0 aromatic carbocycles. The average molecular weight is 308 g/mol. The third kappa shape index (κ3) is 8.05. The van der Waals surface area contributed by atoms with Gasteiger partial charge in [-0.1, -0.05) is 6.42 Å². The van der Waals surface area contributed by atoms with Crippen molar-refractivity contribution in [2.45, 2.75) is 43.6 Å². The number of carbonyl (C=O) groups is 2. The Balaban J connectivity index is 3.77. The van der Waals surface area contributed by atoms with Crippen LogP contribution in [0, 0.1) is 0 Å². The molecule has 0 heterocycles. The molecule has 0 amide bonds. The second-order valence-electron chi connectivity index (χ2n) is 4.77. The second kappa shape index (κ2) is 10.6. The van der Waals surface area contributed by atoms with Gasteiger partial charge in [-0.2, -0.15) is 0 Å². The fourth-order valence-electron chi connectivity index (χ4n) is 1.56. The molecule has 4 atom stereocenters. The number of carboxylic acids is 1. The van der Waals surface area contributed by atoms with E-state index in [1.807, 2.05) is 0 Å². The van der Waals surface area contributed by atoms with E-state index in [0.717, 1.165) is 0 Å². The van der Waals surface area contributed by atoms with Crippen molar-refractivity contribution in [3.63, 3.8) is 0 Å². The summed E-state index contributed by atoms with van der Waals surface area (Å²) in [6.07, 6.45) is -3.59. The smallest absolute Gasteiger partial charge is 0.320 e. The molecule has 9 nitrogen and oxygen atoms in total. The number of rotatable bonds is 12. The molecule has 8 N–H and O–H groups in total. The third-order valence-electron chi connectivity index (χ3n) is 2.97. The predicted molar refractivity (Wildman–Crippen MR) is 72.4 cm³/mol. The van der Waals surface area contributed by atoms with Crippen LogP contribution in [0.3, 0.4) is 0 Å². The summed E-state index contributed by atoms with van der Waals surface area (Å²) >= 11 is 0. The highest BCUT2D eigenvalue weighted by Gasteiger charge is 2.29. The number of aliphatic hydroxyl groups is 4. The first-order valence-corrected chi connectivity index (χ1v) is 6.68. The van der Waals surface area contributed by atoms with Gasteiger partial charge in [0.25, 0.3) is 0 Å². The molecule has 0 aromatic heterocycles. The number of ketones is 1. The third-order valence-corrected chi connectivity index (χ3v) is 2.97. The molecule has 0 aromatic rings. The van der Waals surface area contributed by atoms with E-state index >= 15 is 0 Å². The van der Waals surface area contributed by atoms with Crippen LogP contribution in [0.1, 0.15) is 19.3 Å².